The minimum atomic E-state index is 0.0181. The molecule has 11 heavy (non-hydrogen) atoms. The summed E-state index contributed by atoms with van der Waals surface area (Å²) < 4.78 is 8.22. The molecule has 1 aromatic rings. The standard InChI is InChI=1S/C7H12N2O2/c1-8-4-3-7(10)9(8)5-6-11-2/h3-4H,5-6H2,1-2H3. The van der Waals surface area contributed by atoms with Gasteiger partial charge < -0.3 is 4.74 Å². The fourth-order valence-electron chi connectivity index (χ4n) is 0.939. The summed E-state index contributed by atoms with van der Waals surface area (Å²) in [5.74, 6) is 0. The molecule has 1 heterocycles. The van der Waals surface area contributed by atoms with Gasteiger partial charge in [-0.05, 0) is 0 Å². The first-order valence-corrected chi connectivity index (χ1v) is 3.47. The molecule has 1 rings (SSSR count). The maximum atomic E-state index is 11.0. The van der Waals surface area contributed by atoms with Crippen LogP contribution in [0.15, 0.2) is 17.1 Å². The van der Waals surface area contributed by atoms with Crippen LogP contribution in [0.5, 0.6) is 0 Å². The Morgan fingerprint density at radius 1 is 1.64 bits per heavy atom. The second-order valence-corrected chi connectivity index (χ2v) is 2.34. The molecule has 0 saturated heterocycles. The quantitative estimate of drug-likeness (QED) is 0.609. The number of methoxy groups -OCH3 is 1. The average molecular weight is 156 g/mol. The van der Waals surface area contributed by atoms with Gasteiger partial charge in [0.1, 0.15) is 0 Å². The zero-order valence-corrected chi connectivity index (χ0v) is 6.78. The van der Waals surface area contributed by atoms with Gasteiger partial charge in [0.25, 0.3) is 5.56 Å². The fourth-order valence-corrected chi connectivity index (χ4v) is 0.939. The van der Waals surface area contributed by atoms with Crippen LogP contribution in [0.4, 0.5) is 0 Å². The topological polar surface area (TPSA) is 36.2 Å². The molecule has 4 heteroatoms. The number of rotatable bonds is 3. The molecule has 0 fully saturated rings. The third-order valence-electron chi connectivity index (χ3n) is 1.58. The van der Waals surface area contributed by atoms with Crippen LogP contribution in [0, 0.1) is 0 Å². The van der Waals surface area contributed by atoms with Crippen molar-refractivity contribution >= 4 is 0 Å². The first kappa shape index (κ1) is 8.07. The van der Waals surface area contributed by atoms with E-state index in [-0.39, 0.29) is 5.56 Å². The van der Waals surface area contributed by atoms with Crippen molar-refractivity contribution in [1.29, 1.82) is 0 Å². The minimum absolute atomic E-state index is 0.0181. The van der Waals surface area contributed by atoms with Gasteiger partial charge in [-0.2, -0.15) is 0 Å². The Kier molecular flexibility index (Phi) is 2.48. The van der Waals surface area contributed by atoms with Gasteiger partial charge in [0, 0.05) is 26.4 Å². The number of hydrogen-bond donors (Lipinski definition) is 0. The lowest BCUT2D eigenvalue weighted by molar-refractivity contribution is 0.178. The molecular formula is C7H12N2O2. The molecular weight excluding hydrogens is 144 g/mol. The van der Waals surface area contributed by atoms with E-state index < -0.39 is 0 Å². The molecule has 0 amide bonds. The van der Waals surface area contributed by atoms with Gasteiger partial charge in [-0.1, -0.05) is 0 Å². The van der Waals surface area contributed by atoms with Crippen LogP contribution in [0.3, 0.4) is 0 Å². The fraction of sp³-hybridized carbons (Fsp3) is 0.571. The minimum Gasteiger partial charge on any atom is -0.383 e. The molecule has 62 valence electrons. The Morgan fingerprint density at radius 3 is 2.82 bits per heavy atom. The monoisotopic (exact) mass is 156 g/mol. The van der Waals surface area contributed by atoms with Crippen molar-refractivity contribution in [2.75, 3.05) is 13.7 Å². The van der Waals surface area contributed by atoms with Crippen LogP contribution >= 0.6 is 0 Å². The molecule has 4 nitrogen and oxygen atoms in total. The summed E-state index contributed by atoms with van der Waals surface area (Å²) in [6.45, 7) is 1.18. The van der Waals surface area contributed by atoms with Gasteiger partial charge in [0.2, 0.25) is 0 Å². The summed E-state index contributed by atoms with van der Waals surface area (Å²) in [6.07, 6.45) is 1.73. The van der Waals surface area contributed by atoms with E-state index >= 15 is 0 Å². The smallest absolute Gasteiger partial charge is 0.266 e. The van der Waals surface area contributed by atoms with Crippen molar-refractivity contribution < 1.29 is 4.74 Å². The van der Waals surface area contributed by atoms with Gasteiger partial charge in [-0.15, -0.1) is 0 Å². The first-order chi connectivity index (χ1) is 5.25. The predicted molar refractivity (Wildman–Crippen MR) is 41.5 cm³/mol. The van der Waals surface area contributed by atoms with E-state index in [1.165, 1.54) is 6.07 Å². The Labute approximate surface area is 65.0 Å². The number of aromatic nitrogens is 2. The maximum Gasteiger partial charge on any atom is 0.266 e. The number of ether oxygens (including phenoxy) is 1. The molecule has 0 N–H and O–H groups in total. The molecule has 0 radical (unpaired) electrons. The number of hydrogen-bond acceptors (Lipinski definition) is 2. The average Bonchev–Trinajstić information content (AvgIpc) is 2.29. The Hall–Kier alpha value is -1.03. The lowest BCUT2D eigenvalue weighted by atomic mass is 10.6. The number of aryl methyl sites for hydroxylation is 1. The van der Waals surface area contributed by atoms with E-state index in [0.29, 0.717) is 13.2 Å². The summed E-state index contributed by atoms with van der Waals surface area (Å²) >= 11 is 0. The Morgan fingerprint density at radius 2 is 2.36 bits per heavy atom. The van der Waals surface area contributed by atoms with E-state index in [4.69, 9.17) is 4.74 Å². The highest BCUT2D eigenvalue weighted by Crippen LogP contribution is 1.82. The highest BCUT2D eigenvalue weighted by atomic mass is 16.5. The number of nitrogens with zero attached hydrogens (tertiary/aromatic N) is 2. The largest absolute Gasteiger partial charge is 0.383 e. The highest BCUT2D eigenvalue weighted by molar-refractivity contribution is 4.82. The summed E-state index contributed by atoms with van der Waals surface area (Å²) in [5.41, 5.74) is 0.0181. The predicted octanol–water partition coefficient (Wildman–Crippen LogP) is -0.167. The maximum absolute atomic E-state index is 11.0. The lowest BCUT2D eigenvalue weighted by Crippen LogP contribution is -2.23. The summed E-state index contributed by atoms with van der Waals surface area (Å²) in [7, 11) is 3.45. The molecule has 0 aliphatic heterocycles. The molecule has 0 atom stereocenters. The van der Waals surface area contributed by atoms with Crippen molar-refractivity contribution in [1.82, 2.24) is 9.36 Å². The van der Waals surface area contributed by atoms with E-state index in [1.807, 2.05) is 7.05 Å². The lowest BCUT2D eigenvalue weighted by Gasteiger charge is -2.04. The zero-order chi connectivity index (χ0) is 8.27. The molecule has 0 bridgehead atoms. The van der Waals surface area contributed by atoms with Gasteiger partial charge in [0.05, 0.1) is 13.2 Å². The van der Waals surface area contributed by atoms with E-state index in [9.17, 15) is 4.79 Å². The summed E-state index contributed by atoms with van der Waals surface area (Å²) in [4.78, 5) is 11.0. The van der Waals surface area contributed by atoms with E-state index in [2.05, 4.69) is 0 Å². The van der Waals surface area contributed by atoms with Crippen molar-refractivity contribution in [3.8, 4) is 0 Å². The van der Waals surface area contributed by atoms with Crippen LogP contribution in [-0.2, 0) is 18.3 Å². The molecule has 0 unspecified atom stereocenters. The van der Waals surface area contributed by atoms with Gasteiger partial charge >= 0.3 is 0 Å². The van der Waals surface area contributed by atoms with Crippen LogP contribution < -0.4 is 5.56 Å². The van der Waals surface area contributed by atoms with Crippen molar-refractivity contribution in [2.24, 2.45) is 7.05 Å². The van der Waals surface area contributed by atoms with Crippen molar-refractivity contribution in [3.05, 3.63) is 22.6 Å². The van der Waals surface area contributed by atoms with Crippen molar-refractivity contribution in [3.63, 3.8) is 0 Å². The van der Waals surface area contributed by atoms with E-state index in [1.54, 1.807) is 22.7 Å². The molecule has 0 spiro atoms. The third kappa shape index (κ3) is 1.71. The SMILES string of the molecule is COCCn1c(=O)ccn1C. The van der Waals surface area contributed by atoms with Gasteiger partial charge in [-0.3, -0.25) is 9.48 Å². The first-order valence-electron chi connectivity index (χ1n) is 3.47. The molecule has 1 aromatic heterocycles. The van der Waals surface area contributed by atoms with Crippen LogP contribution in [0.1, 0.15) is 0 Å². The third-order valence-corrected chi connectivity index (χ3v) is 1.58. The van der Waals surface area contributed by atoms with Crippen LogP contribution in [-0.4, -0.2) is 23.1 Å². The summed E-state index contributed by atoms with van der Waals surface area (Å²) in [6, 6.07) is 1.54. The highest BCUT2D eigenvalue weighted by Gasteiger charge is 1.97. The Balaban J connectivity index is 2.75. The van der Waals surface area contributed by atoms with Crippen LogP contribution in [0.2, 0.25) is 0 Å². The molecule has 0 aliphatic rings. The second-order valence-electron chi connectivity index (χ2n) is 2.34. The molecule has 0 saturated carbocycles. The zero-order valence-electron chi connectivity index (χ0n) is 6.78. The normalized spacial score (nSPS) is 10.4. The van der Waals surface area contributed by atoms with Crippen molar-refractivity contribution in [2.45, 2.75) is 6.54 Å². The molecule has 0 aromatic carbocycles. The molecule has 0 aliphatic carbocycles. The van der Waals surface area contributed by atoms with Gasteiger partial charge in [-0.25, -0.2) is 4.68 Å². The second kappa shape index (κ2) is 3.39. The Bertz CT molecular complexity index is 274. The summed E-state index contributed by atoms with van der Waals surface area (Å²) in [5, 5.41) is 0. The van der Waals surface area contributed by atoms with Gasteiger partial charge in [0.15, 0.2) is 0 Å². The van der Waals surface area contributed by atoms with Crippen LogP contribution in [0.25, 0.3) is 0 Å². The van der Waals surface area contributed by atoms with E-state index in [0.717, 1.165) is 0 Å².